The molecule has 1 saturated heterocycles. The predicted octanol–water partition coefficient (Wildman–Crippen LogP) is 4.75. The van der Waals surface area contributed by atoms with Crippen LogP contribution in [0.15, 0.2) is 67.0 Å². The van der Waals surface area contributed by atoms with Crippen molar-refractivity contribution >= 4 is 38.7 Å². The molecule has 1 aliphatic heterocycles. The van der Waals surface area contributed by atoms with Gasteiger partial charge in [-0.25, -0.2) is 13.4 Å². The number of hydrogen-bond donors (Lipinski definition) is 2. The molecule has 202 valence electrons. The molecule has 0 saturated carbocycles. The molecule has 11 heteroatoms. The molecule has 39 heavy (non-hydrogen) atoms. The molecular formula is C28H30N6O3S2. The second kappa shape index (κ2) is 10.3. The molecule has 2 atom stereocenters. The number of aryl methyl sites for hydroxylation is 2. The fraction of sp³-hybridized carbons (Fsp3) is 0.250. The van der Waals surface area contributed by atoms with Gasteiger partial charge in [-0.1, -0.05) is 12.1 Å². The van der Waals surface area contributed by atoms with E-state index < -0.39 is 10.0 Å². The fourth-order valence-electron chi connectivity index (χ4n) is 5.09. The zero-order valence-corrected chi connectivity index (χ0v) is 24.0. The lowest BCUT2D eigenvalue weighted by Gasteiger charge is -2.28. The molecule has 1 aliphatic rings. The number of nitrogens with zero attached hydrogens (tertiary/aromatic N) is 4. The van der Waals surface area contributed by atoms with Crippen LogP contribution < -0.4 is 19.7 Å². The highest BCUT2D eigenvalue weighted by molar-refractivity contribution is 7.92. The van der Waals surface area contributed by atoms with E-state index in [0.29, 0.717) is 16.5 Å². The fourth-order valence-corrected chi connectivity index (χ4v) is 6.01. The molecule has 9 nitrogen and oxygen atoms in total. The Balaban J connectivity index is 1.66. The normalized spacial score (nSPS) is 17.3. The molecule has 1 aromatic carbocycles. The van der Waals surface area contributed by atoms with Crippen molar-refractivity contribution in [1.82, 2.24) is 19.9 Å². The first-order valence-electron chi connectivity index (χ1n) is 12.4. The lowest BCUT2D eigenvalue weighted by atomic mass is 9.96. The topological polar surface area (TPSA) is 101 Å². The number of methoxy groups -OCH3 is 1. The average Bonchev–Trinajstić information content (AvgIpc) is 3.39. The quantitative estimate of drug-likeness (QED) is 0.311. The molecule has 0 radical (unpaired) electrons. The summed E-state index contributed by atoms with van der Waals surface area (Å²) in [6.45, 7) is 6.16. The van der Waals surface area contributed by atoms with Gasteiger partial charge >= 0.3 is 0 Å². The molecule has 0 amide bonds. The van der Waals surface area contributed by atoms with E-state index >= 15 is 0 Å². The third-order valence-corrected chi connectivity index (χ3v) is 7.68. The molecule has 0 bridgehead atoms. The van der Waals surface area contributed by atoms with Gasteiger partial charge in [0.05, 0.1) is 36.8 Å². The first kappa shape index (κ1) is 26.6. The number of hydrogen-bond acceptors (Lipinski definition) is 6. The first-order chi connectivity index (χ1) is 18.6. The summed E-state index contributed by atoms with van der Waals surface area (Å²) in [5, 5.41) is 4.01. The molecule has 4 aromatic rings. The second-order valence-corrected chi connectivity index (χ2v) is 11.7. The molecule has 4 heterocycles. The minimum absolute atomic E-state index is 0.238. The molecular weight excluding hydrogens is 532 g/mol. The largest absolute Gasteiger partial charge is 0.494 e. The number of ether oxygens (including phenoxy) is 1. The minimum atomic E-state index is -3.49. The van der Waals surface area contributed by atoms with Gasteiger partial charge in [0.15, 0.2) is 5.11 Å². The van der Waals surface area contributed by atoms with Crippen molar-refractivity contribution in [2.75, 3.05) is 23.0 Å². The van der Waals surface area contributed by atoms with Crippen molar-refractivity contribution in [3.63, 3.8) is 0 Å². The van der Waals surface area contributed by atoms with Gasteiger partial charge in [-0.3, -0.25) is 9.71 Å². The Morgan fingerprint density at radius 2 is 1.85 bits per heavy atom. The van der Waals surface area contributed by atoms with Crippen LogP contribution in [0.4, 0.5) is 11.4 Å². The van der Waals surface area contributed by atoms with Gasteiger partial charge in [-0.15, -0.1) is 0 Å². The Hall–Kier alpha value is -3.96. The van der Waals surface area contributed by atoms with E-state index in [2.05, 4.69) is 50.6 Å². The van der Waals surface area contributed by atoms with E-state index in [-0.39, 0.29) is 12.1 Å². The van der Waals surface area contributed by atoms with E-state index in [4.69, 9.17) is 17.0 Å². The van der Waals surface area contributed by atoms with Crippen LogP contribution in [0.5, 0.6) is 5.75 Å². The van der Waals surface area contributed by atoms with Crippen molar-refractivity contribution in [1.29, 1.82) is 0 Å². The zero-order chi connectivity index (χ0) is 27.9. The van der Waals surface area contributed by atoms with Crippen LogP contribution in [0.25, 0.3) is 5.82 Å². The van der Waals surface area contributed by atoms with Gasteiger partial charge in [-0.05, 0) is 80.5 Å². The summed E-state index contributed by atoms with van der Waals surface area (Å²) in [7, 11) is -1.98. The van der Waals surface area contributed by atoms with E-state index in [1.165, 1.54) is 7.11 Å². The van der Waals surface area contributed by atoms with Gasteiger partial charge in [0.2, 0.25) is 10.0 Å². The zero-order valence-electron chi connectivity index (χ0n) is 22.3. The lowest BCUT2D eigenvalue weighted by Crippen LogP contribution is -2.29. The summed E-state index contributed by atoms with van der Waals surface area (Å²) in [5.74, 6) is 1.23. The summed E-state index contributed by atoms with van der Waals surface area (Å²) in [4.78, 5) is 11.3. The number of pyridine rings is 2. The Morgan fingerprint density at radius 3 is 2.49 bits per heavy atom. The number of nitrogens with one attached hydrogen (secondary N) is 2. The van der Waals surface area contributed by atoms with Crippen LogP contribution in [-0.2, 0) is 10.0 Å². The maximum atomic E-state index is 11.9. The number of aromatic nitrogens is 3. The Morgan fingerprint density at radius 1 is 1.05 bits per heavy atom. The van der Waals surface area contributed by atoms with Gasteiger partial charge in [0, 0.05) is 35.5 Å². The number of thiocarbonyl (C=S) groups is 1. The van der Waals surface area contributed by atoms with Gasteiger partial charge < -0.3 is 19.5 Å². The second-order valence-electron chi connectivity index (χ2n) is 9.61. The summed E-state index contributed by atoms with van der Waals surface area (Å²) < 4.78 is 34.0. The number of benzene rings is 1. The maximum absolute atomic E-state index is 11.9. The predicted molar refractivity (Wildman–Crippen MR) is 157 cm³/mol. The van der Waals surface area contributed by atoms with Gasteiger partial charge in [0.25, 0.3) is 0 Å². The van der Waals surface area contributed by atoms with Crippen molar-refractivity contribution < 1.29 is 13.2 Å². The van der Waals surface area contributed by atoms with Crippen LogP contribution in [-0.4, -0.2) is 41.4 Å². The smallest absolute Gasteiger partial charge is 0.229 e. The molecule has 3 aromatic heterocycles. The molecule has 0 spiro atoms. The van der Waals surface area contributed by atoms with Crippen molar-refractivity contribution in [2.24, 2.45) is 0 Å². The van der Waals surface area contributed by atoms with Crippen LogP contribution in [0.2, 0.25) is 0 Å². The number of anilines is 2. The van der Waals surface area contributed by atoms with Crippen molar-refractivity contribution in [3.8, 4) is 11.6 Å². The third kappa shape index (κ3) is 5.19. The molecule has 5 rings (SSSR count). The van der Waals surface area contributed by atoms with E-state index in [1.807, 2.05) is 48.4 Å². The van der Waals surface area contributed by atoms with Crippen LogP contribution in [0.3, 0.4) is 0 Å². The standard InChI is InChI=1S/C28H30N6O3S2/c1-17-9-12-25(30-16-17)33-18(2)14-21(19(33)3)27-26(23-8-6-7-13-29-23)31-28(38)34(27)20-10-11-22(24(15-20)37-4)32-39(5,35)36/h6-16,26-27,32H,1-5H3,(H,31,38)/t26-,27-/m0/s1. The van der Waals surface area contributed by atoms with Crippen molar-refractivity contribution in [3.05, 3.63) is 95.2 Å². The highest BCUT2D eigenvalue weighted by Crippen LogP contribution is 2.45. The number of sulfonamides is 1. The Kier molecular flexibility index (Phi) is 7.04. The molecule has 0 aliphatic carbocycles. The highest BCUT2D eigenvalue weighted by atomic mass is 32.2. The lowest BCUT2D eigenvalue weighted by molar-refractivity contribution is 0.417. The van der Waals surface area contributed by atoms with E-state index in [1.54, 1.807) is 18.3 Å². The maximum Gasteiger partial charge on any atom is 0.229 e. The molecule has 2 N–H and O–H groups in total. The third-order valence-electron chi connectivity index (χ3n) is 6.77. The molecule has 0 unspecified atom stereocenters. The van der Waals surface area contributed by atoms with Gasteiger partial charge in [0.1, 0.15) is 11.6 Å². The SMILES string of the molecule is COc1cc(N2C(=S)N[C@@H](c3ccccn3)[C@@H]2c2cc(C)n(-c3ccc(C)cn3)c2C)ccc1NS(C)(=O)=O. The van der Waals surface area contributed by atoms with Crippen molar-refractivity contribution in [2.45, 2.75) is 32.9 Å². The van der Waals surface area contributed by atoms with E-state index in [0.717, 1.165) is 46.0 Å². The van der Waals surface area contributed by atoms with Crippen LogP contribution >= 0.6 is 12.2 Å². The van der Waals surface area contributed by atoms with E-state index in [9.17, 15) is 8.42 Å². The highest BCUT2D eigenvalue weighted by Gasteiger charge is 2.42. The number of rotatable bonds is 7. The molecule has 1 fully saturated rings. The first-order valence-corrected chi connectivity index (χ1v) is 14.7. The van der Waals surface area contributed by atoms with Crippen LogP contribution in [0, 0.1) is 20.8 Å². The van der Waals surface area contributed by atoms with Crippen LogP contribution in [0.1, 0.15) is 40.3 Å². The monoisotopic (exact) mass is 562 g/mol. The Bertz CT molecular complexity index is 1640. The summed E-state index contributed by atoms with van der Waals surface area (Å²) >= 11 is 5.88. The minimum Gasteiger partial charge on any atom is -0.494 e. The summed E-state index contributed by atoms with van der Waals surface area (Å²) in [6, 6.07) is 16.9. The summed E-state index contributed by atoms with van der Waals surface area (Å²) in [6.07, 6.45) is 4.74. The average molecular weight is 563 g/mol. The van der Waals surface area contributed by atoms with Gasteiger partial charge in [-0.2, -0.15) is 0 Å². The Labute approximate surface area is 233 Å². The summed E-state index contributed by atoms with van der Waals surface area (Å²) in [5.41, 5.74) is 6.20.